The number of alkyl halides is 2. The minimum atomic E-state index is -4.25. The Balaban J connectivity index is 1.74. The second kappa shape index (κ2) is 9.84. The summed E-state index contributed by atoms with van der Waals surface area (Å²) in [7, 11) is -1.85. The molecule has 35 heavy (non-hydrogen) atoms. The van der Waals surface area contributed by atoms with E-state index in [0.29, 0.717) is 27.2 Å². The second-order valence-electron chi connectivity index (χ2n) is 6.79. The number of halogens is 3. The van der Waals surface area contributed by atoms with Crippen LogP contribution >= 0.6 is 11.6 Å². The first-order chi connectivity index (χ1) is 16.7. The van der Waals surface area contributed by atoms with Crippen LogP contribution in [0.4, 0.5) is 14.7 Å². The molecule has 11 nitrogen and oxygen atoms in total. The van der Waals surface area contributed by atoms with E-state index in [-0.39, 0.29) is 22.4 Å². The fourth-order valence-electron chi connectivity index (χ4n) is 3.23. The summed E-state index contributed by atoms with van der Waals surface area (Å²) >= 11 is 6.36. The van der Waals surface area contributed by atoms with Crippen LogP contribution in [0, 0.1) is 0 Å². The molecule has 184 valence electrons. The number of rotatable bonds is 9. The van der Waals surface area contributed by atoms with Crippen molar-refractivity contribution in [2.24, 2.45) is 0 Å². The molecule has 2 N–H and O–H groups in total. The molecule has 3 heterocycles. The van der Waals surface area contributed by atoms with Crippen molar-refractivity contribution in [2.45, 2.75) is 11.3 Å². The second-order valence-corrected chi connectivity index (χ2v) is 8.85. The molecule has 0 amide bonds. The number of aromatic nitrogens is 5. The zero-order valence-corrected chi connectivity index (χ0v) is 19.7. The van der Waals surface area contributed by atoms with Crippen LogP contribution in [0.3, 0.4) is 0 Å². The number of nitrogens with zero attached hydrogens (tertiary/aromatic N) is 4. The molecule has 0 bridgehead atoms. The Hall–Kier alpha value is -3.78. The summed E-state index contributed by atoms with van der Waals surface area (Å²) in [6.07, 6.45) is 2.98. The Morgan fingerprint density at radius 1 is 1.14 bits per heavy atom. The highest BCUT2D eigenvalue weighted by Crippen LogP contribution is 2.38. The maximum atomic E-state index is 13.2. The van der Waals surface area contributed by atoms with E-state index < -0.39 is 29.0 Å². The lowest BCUT2D eigenvalue weighted by molar-refractivity contribution is 0.0781. The molecular formula is C20H17ClF2N6O5S. The summed E-state index contributed by atoms with van der Waals surface area (Å²) in [5.74, 6) is -1.33. The van der Waals surface area contributed by atoms with Gasteiger partial charge in [-0.2, -0.15) is 9.97 Å². The largest absolute Gasteiger partial charge is 0.478 e. The Kier molecular flexibility index (Phi) is 6.84. The number of sulfonamides is 1. The third kappa shape index (κ3) is 4.88. The van der Waals surface area contributed by atoms with Gasteiger partial charge < -0.3 is 19.2 Å². The van der Waals surface area contributed by atoms with Crippen LogP contribution in [-0.2, 0) is 10.0 Å². The number of hydrogen-bond donors (Lipinski definition) is 2. The predicted molar refractivity (Wildman–Crippen MR) is 122 cm³/mol. The summed E-state index contributed by atoms with van der Waals surface area (Å²) in [4.78, 5) is 18.9. The number of benzene rings is 1. The van der Waals surface area contributed by atoms with Crippen LogP contribution in [0.15, 0.2) is 41.8 Å². The van der Waals surface area contributed by atoms with Crippen molar-refractivity contribution >= 4 is 38.5 Å². The Morgan fingerprint density at radius 2 is 1.86 bits per heavy atom. The number of methoxy groups -OCH3 is 2. The number of nitrogens with one attached hydrogen (secondary N) is 2. The molecule has 0 aliphatic rings. The van der Waals surface area contributed by atoms with Gasteiger partial charge in [0.15, 0.2) is 0 Å². The first-order valence-corrected chi connectivity index (χ1v) is 11.6. The third-order valence-electron chi connectivity index (χ3n) is 4.65. The van der Waals surface area contributed by atoms with E-state index in [1.807, 2.05) is 0 Å². The normalized spacial score (nSPS) is 11.6. The molecule has 4 rings (SSSR count). The summed E-state index contributed by atoms with van der Waals surface area (Å²) in [6, 6.07) is 3.07. The van der Waals surface area contributed by atoms with Gasteiger partial charge >= 0.3 is 0 Å². The van der Waals surface area contributed by atoms with Crippen LogP contribution in [-0.4, -0.2) is 60.6 Å². The van der Waals surface area contributed by atoms with Crippen molar-refractivity contribution in [3.8, 4) is 28.8 Å². The van der Waals surface area contributed by atoms with E-state index in [9.17, 15) is 17.2 Å². The van der Waals surface area contributed by atoms with E-state index >= 15 is 0 Å². The minimum Gasteiger partial charge on any atom is -0.478 e. The first-order valence-electron chi connectivity index (χ1n) is 9.75. The summed E-state index contributed by atoms with van der Waals surface area (Å²) in [5.41, 5.74) is 1.34. The lowest BCUT2D eigenvalue weighted by atomic mass is 10.1. The zero-order valence-electron chi connectivity index (χ0n) is 18.1. The van der Waals surface area contributed by atoms with Gasteiger partial charge in [0.05, 0.1) is 36.6 Å². The van der Waals surface area contributed by atoms with Gasteiger partial charge in [-0.15, -0.1) is 0 Å². The van der Waals surface area contributed by atoms with E-state index in [2.05, 4.69) is 29.6 Å². The molecule has 3 aromatic heterocycles. The summed E-state index contributed by atoms with van der Waals surface area (Å²) in [6.45, 7) is -0.965. The predicted octanol–water partition coefficient (Wildman–Crippen LogP) is 3.53. The number of hydrogen-bond acceptors (Lipinski definition) is 9. The van der Waals surface area contributed by atoms with Crippen molar-refractivity contribution in [1.82, 2.24) is 24.9 Å². The monoisotopic (exact) mass is 526 g/mol. The Morgan fingerprint density at radius 3 is 2.46 bits per heavy atom. The van der Waals surface area contributed by atoms with Crippen LogP contribution in [0.5, 0.6) is 17.5 Å². The van der Waals surface area contributed by atoms with Crippen molar-refractivity contribution in [1.29, 1.82) is 0 Å². The van der Waals surface area contributed by atoms with Crippen molar-refractivity contribution in [3.05, 3.63) is 41.9 Å². The van der Waals surface area contributed by atoms with Crippen LogP contribution in [0.2, 0.25) is 5.02 Å². The quantitative estimate of drug-likeness (QED) is 0.335. The number of fused-ring (bicyclic) bond motifs is 1. The van der Waals surface area contributed by atoms with Gasteiger partial charge in [-0.25, -0.2) is 21.9 Å². The van der Waals surface area contributed by atoms with E-state index in [0.717, 1.165) is 0 Å². The molecule has 4 aromatic rings. The first kappa shape index (κ1) is 24.3. The van der Waals surface area contributed by atoms with Gasteiger partial charge in [-0.05, 0) is 12.1 Å². The minimum absolute atomic E-state index is 0.131. The summed E-state index contributed by atoms with van der Waals surface area (Å²) < 4.78 is 68.9. The van der Waals surface area contributed by atoms with Crippen LogP contribution < -0.4 is 18.9 Å². The molecule has 15 heteroatoms. The zero-order chi connectivity index (χ0) is 25.2. The van der Waals surface area contributed by atoms with Gasteiger partial charge in [0.25, 0.3) is 28.2 Å². The lowest BCUT2D eigenvalue weighted by Crippen LogP contribution is -2.16. The smallest absolute Gasteiger partial charge is 0.272 e. The van der Waals surface area contributed by atoms with Gasteiger partial charge in [-0.3, -0.25) is 9.97 Å². The molecular weight excluding hydrogens is 510 g/mol. The Bertz CT molecular complexity index is 1440. The average molecular weight is 527 g/mol. The maximum absolute atomic E-state index is 13.2. The highest BCUT2D eigenvalue weighted by atomic mass is 35.5. The summed E-state index contributed by atoms with van der Waals surface area (Å²) in [5, 5.41) is 0.660. The lowest BCUT2D eigenvalue weighted by Gasteiger charge is -2.14. The van der Waals surface area contributed by atoms with Crippen molar-refractivity contribution in [3.63, 3.8) is 0 Å². The molecule has 0 saturated carbocycles. The van der Waals surface area contributed by atoms with Crippen molar-refractivity contribution in [2.75, 3.05) is 25.5 Å². The third-order valence-corrected chi connectivity index (χ3v) is 6.33. The molecule has 0 unspecified atom stereocenters. The van der Waals surface area contributed by atoms with Crippen LogP contribution in [0.1, 0.15) is 0 Å². The number of anilines is 1. The molecule has 0 fully saturated rings. The molecule has 0 radical (unpaired) electrons. The highest BCUT2D eigenvalue weighted by molar-refractivity contribution is 7.93. The van der Waals surface area contributed by atoms with Crippen LogP contribution in [0.25, 0.3) is 22.2 Å². The fraction of sp³-hybridized carbons (Fsp3) is 0.200. The topological polar surface area (TPSA) is 141 Å². The number of ether oxygens (including phenoxy) is 3. The Labute approximate surface area is 202 Å². The molecule has 1 aromatic carbocycles. The van der Waals surface area contributed by atoms with E-state index in [4.69, 9.17) is 25.8 Å². The number of H-pyrrole nitrogens is 1. The van der Waals surface area contributed by atoms with Gasteiger partial charge in [-0.1, -0.05) is 11.6 Å². The maximum Gasteiger partial charge on any atom is 0.272 e. The van der Waals surface area contributed by atoms with Gasteiger partial charge in [0.1, 0.15) is 11.5 Å². The highest BCUT2D eigenvalue weighted by Gasteiger charge is 2.26. The molecule has 0 spiro atoms. The van der Waals surface area contributed by atoms with Crippen molar-refractivity contribution < 1.29 is 31.4 Å². The van der Waals surface area contributed by atoms with Gasteiger partial charge in [0.2, 0.25) is 11.7 Å². The number of aromatic amines is 1. The molecule has 0 aliphatic carbocycles. The molecule has 0 aliphatic heterocycles. The SMILES string of the molecule is COc1nc(NS(=O)(=O)c2c[nH]c3c(-c4cnccn4)c(Cl)ccc23)nc(OC)c1OCC(F)F. The standard InChI is InChI=1S/C20H17ClF2N6O5S/c1-32-18-17(34-9-14(22)23)19(33-2)28-20(27-18)29-35(30,31)13-8-26-16-10(13)3-4-11(21)15(16)12-7-24-5-6-25-12/h3-8,14,26H,9H2,1-2H3,(H,27,28,29). The average Bonchev–Trinajstić information content (AvgIpc) is 3.27. The van der Waals surface area contributed by atoms with Gasteiger partial charge in [0, 0.05) is 29.5 Å². The molecule has 0 saturated heterocycles. The van der Waals surface area contributed by atoms with E-state index in [1.165, 1.54) is 45.1 Å². The molecule has 0 atom stereocenters. The van der Waals surface area contributed by atoms with E-state index in [1.54, 1.807) is 6.07 Å². The fourth-order valence-corrected chi connectivity index (χ4v) is 4.60.